The molecule has 86 valence electrons. The van der Waals surface area contributed by atoms with Crippen molar-refractivity contribution in [3.05, 3.63) is 11.4 Å². The Morgan fingerprint density at radius 3 is 2.75 bits per heavy atom. The molecule has 2 saturated carbocycles. The van der Waals surface area contributed by atoms with E-state index < -0.39 is 5.97 Å². The summed E-state index contributed by atoms with van der Waals surface area (Å²) in [6.07, 6.45) is 4.35. The molecule has 3 rings (SSSR count). The molecule has 5 heteroatoms. The maximum atomic E-state index is 11.0. The van der Waals surface area contributed by atoms with E-state index >= 15 is 0 Å². The second-order valence-electron chi connectivity index (χ2n) is 5.06. The SMILES string of the molecule is CC1CC1n1nnc(C(=O)O)c1CC1CC1. The monoisotopic (exact) mass is 221 g/mol. The minimum atomic E-state index is -0.949. The van der Waals surface area contributed by atoms with Crippen molar-refractivity contribution in [1.29, 1.82) is 0 Å². The van der Waals surface area contributed by atoms with E-state index in [2.05, 4.69) is 17.2 Å². The van der Waals surface area contributed by atoms with E-state index in [4.69, 9.17) is 5.11 Å². The van der Waals surface area contributed by atoms with Crippen LogP contribution in [0.1, 0.15) is 48.4 Å². The highest BCUT2D eigenvalue weighted by molar-refractivity contribution is 5.86. The molecule has 1 aromatic heterocycles. The first-order chi connectivity index (χ1) is 7.66. The van der Waals surface area contributed by atoms with Gasteiger partial charge >= 0.3 is 5.97 Å². The zero-order valence-electron chi connectivity index (χ0n) is 9.26. The van der Waals surface area contributed by atoms with Crippen molar-refractivity contribution in [3.63, 3.8) is 0 Å². The van der Waals surface area contributed by atoms with Crippen molar-refractivity contribution in [1.82, 2.24) is 15.0 Å². The smallest absolute Gasteiger partial charge is 0.358 e. The van der Waals surface area contributed by atoms with Crippen LogP contribution in [0, 0.1) is 11.8 Å². The van der Waals surface area contributed by atoms with Crippen LogP contribution in [0.5, 0.6) is 0 Å². The van der Waals surface area contributed by atoms with Gasteiger partial charge in [0.2, 0.25) is 0 Å². The standard InChI is InChI=1S/C11H15N3O2/c1-6-4-8(6)14-9(5-7-2-3-7)10(11(15)16)12-13-14/h6-8H,2-5H2,1H3,(H,15,16). The van der Waals surface area contributed by atoms with Crippen molar-refractivity contribution >= 4 is 5.97 Å². The molecule has 0 radical (unpaired) electrons. The van der Waals surface area contributed by atoms with Crippen molar-refractivity contribution in [2.24, 2.45) is 11.8 Å². The maximum Gasteiger partial charge on any atom is 0.358 e. The summed E-state index contributed by atoms with van der Waals surface area (Å²) in [5.41, 5.74) is 0.996. The van der Waals surface area contributed by atoms with Crippen LogP contribution in [-0.2, 0) is 6.42 Å². The van der Waals surface area contributed by atoms with E-state index in [-0.39, 0.29) is 5.69 Å². The first-order valence-electron chi connectivity index (χ1n) is 5.84. The molecule has 0 aliphatic heterocycles. The number of rotatable bonds is 4. The second-order valence-corrected chi connectivity index (χ2v) is 5.06. The number of nitrogens with zero attached hydrogens (tertiary/aromatic N) is 3. The predicted molar refractivity (Wildman–Crippen MR) is 56.2 cm³/mol. The predicted octanol–water partition coefficient (Wildman–Crippen LogP) is 1.51. The summed E-state index contributed by atoms with van der Waals surface area (Å²) in [4.78, 5) is 11.0. The Bertz CT molecular complexity index is 436. The van der Waals surface area contributed by atoms with Gasteiger partial charge in [0, 0.05) is 0 Å². The lowest BCUT2D eigenvalue weighted by Crippen LogP contribution is -2.08. The Morgan fingerprint density at radius 2 is 2.25 bits per heavy atom. The molecule has 1 heterocycles. The summed E-state index contributed by atoms with van der Waals surface area (Å²) in [6, 6.07) is 0.384. The van der Waals surface area contributed by atoms with Crippen molar-refractivity contribution in [2.45, 2.75) is 38.6 Å². The molecular formula is C11H15N3O2. The molecule has 5 nitrogen and oxygen atoms in total. The van der Waals surface area contributed by atoms with Crippen molar-refractivity contribution in [3.8, 4) is 0 Å². The van der Waals surface area contributed by atoms with Gasteiger partial charge in [-0.25, -0.2) is 9.48 Å². The number of carboxylic acids is 1. The molecule has 0 saturated heterocycles. The third-order valence-electron chi connectivity index (χ3n) is 3.55. The molecule has 1 N–H and O–H groups in total. The quantitative estimate of drug-likeness (QED) is 0.836. The van der Waals surface area contributed by atoms with Gasteiger partial charge in [0.1, 0.15) is 0 Å². The average molecular weight is 221 g/mol. The minimum Gasteiger partial charge on any atom is -0.476 e. The molecule has 2 atom stereocenters. The largest absolute Gasteiger partial charge is 0.476 e. The van der Waals surface area contributed by atoms with Crippen LogP contribution < -0.4 is 0 Å². The summed E-state index contributed by atoms with van der Waals surface area (Å²) in [7, 11) is 0. The number of carbonyl (C=O) groups is 1. The minimum absolute atomic E-state index is 0.158. The lowest BCUT2D eigenvalue weighted by atomic mass is 10.2. The number of hydrogen-bond acceptors (Lipinski definition) is 3. The summed E-state index contributed by atoms with van der Waals surface area (Å²) >= 11 is 0. The van der Waals surface area contributed by atoms with Gasteiger partial charge in [-0.3, -0.25) is 0 Å². The van der Waals surface area contributed by atoms with Gasteiger partial charge in [-0.2, -0.15) is 0 Å². The van der Waals surface area contributed by atoms with E-state index in [9.17, 15) is 4.79 Å². The van der Waals surface area contributed by atoms with E-state index in [0.29, 0.717) is 17.9 Å². The third kappa shape index (κ3) is 1.60. The zero-order chi connectivity index (χ0) is 11.3. The molecule has 2 unspecified atom stereocenters. The summed E-state index contributed by atoms with van der Waals surface area (Å²) in [5.74, 6) is 0.320. The van der Waals surface area contributed by atoms with Crippen LogP contribution in [0.25, 0.3) is 0 Å². The summed E-state index contributed by atoms with van der Waals surface area (Å²) < 4.78 is 1.85. The Hall–Kier alpha value is -1.39. The molecule has 0 spiro atoms. The van der Waals surface area contributed by atoms with E-state index in [1.165, 1.54) is 12.8 Å². The number of carboxylic acid groups (broad SMARTS) is 1. The van der Waals surface area contributed by atoms with Gasteiger partial charge in [-0.1, -0.05) is 12.1 Å². The lowest BCUT2D eigenvalue weighted by Gasteiger charge is -2.04. The molecule has 2 aliphatic carbocycles. The Labute approximate surface area is 93.5 Å². The summed E-state index contributed by atoms with van der Waals surface area (Å²) in [5, 5.41) is 16.9. The van der Waals surface area contributed by atoms with Gasteiger partial charge in [-0.05, 0) is 37.5 Å². The van der Waals surface area contributed by atoms with Gasteiger partial charge in [0.15, 0.2) is 5.69 Å². The van der Waals surface area contributed by atoms with Crippen LogP contribution in [0.3, 0.4) is 0 Å². The topological polar surface area (TPSA) is 68.0 Å². The number of hydrogen-bond donors (Lipinski definition) is 1. The highest BCUT2D eigenvalue weighted by Crippen LogP contribution is 2.44. The maximum absolute atomic E-state index is 11.0. The van der Waals surface area contributed by atoms with Gasteiger partial charge < -0.3 is 5.11 Å². The molecule has 0 bridgehead atoms. The zero-order valence-corrected chi connectivity index (χ0v) is 9.26. The van der Waals surface area contributed by atoms with E-state index in [0.717, 1.165) is 18.5 Å². The van der Waals surface area contributed by atoms with Crippen LogP contribution >= 0.6 is 0 Å². The van der Waals surface area contributed by atoms with E-state index in [1.54, 1.807) is 0 Å². The Kier molecular flexibility index (Phi) is 2.02. The molecule has 0 aromatic carbocycles. The first-order valence-corrected chi connectivity index (χ1v) is 5.84. The van der Waals surface area contributed by atoms with Crippen LogP contribution in [0.4, 0.5) is 0 Å². The summed E-state index contributed by atoms with van der Waals surface area (Å²) in [6.45, 7) is 2.16. The fraction of sp³-hybridized carbons (Fsp3) is 0.727. The molecule has 16 heavy (non-hydrogen) atoms. The number of aromatic nitrogens is 3. The first kappa shape index (κ1) is 9.81. The Balaban J connectivity index is 1.93. The molecule has 1 aromatic rings. The van der Waals surface area contributed by atoms with Gasteiger partial charge in [-0.15, -0.1) is 5.10 Å². The average Bonchev–Trinajstić information content (AvgIpc) is 3.10. The highest BCUT2D eigenvalue weighted by Gasteiger charge is 2.39. The van der Waals surface area contributed by atoms with E-state index in [1.807, 2.05) is 4.68 Å². The fourth-order valence-corrected chi connectivity index (χ4v) is 2.17. The van der Waals surface area contributed by atoms with Crippen molar-refractivity contribution < 1.29 is 9.90 Å². The highest BCUT2D eigenvalue weighted by atomic mass is 16.4. The number of aromatic carboxylic acids is 1. The normalized spacial score (nSPS) is 28.1. The third-order valence-corrected chi connectivity index (χ3v) is 3.55. The lowest BCUT2D eigenvalue weighted by molar-refractivity contribution is 0.0689. The second kappa shape index (κ2) is 3.30. The van der Waals surface area contributed by atoms with Crippen LogP contribution in [0.15, 0.2) is 0 Å². The molecule has 2 aliphatic rings. The van der Waals surface area contributed by atoms with Gasteiger partial charge in [0.25, 0.3) is 0 Å². The molecule has 2 fully saturated rings. The van der Waals surface area contributed by atoms with Crippen LogP contribution in [-0.4, -0.2) is 26.1 Å². The van der Waals surface area contributed by atoms with Crippen molar-refractivity contribution in [2.75, 3.05) is 0 Å². The fourth-order valence-electron chi connectivity index (χ4n) is 2.17. The molecular weight excluding hydrogens is 206 g/mol. The van der Waals surface area contributed by atoms with Crippen LogP contribution in [0.2, 0.25) is 0 Å². The van der Waals surface area contributed by atoms with Gasteiger partial charge in [0.05, 0.1) is 11.7 Å². The Morgan fingerprint density at radius 1 is 1.56 bits per heavy atom. The molecule has 0 amide bonds.